The van der Waals surface area contributed by atoms with Crippen LogP contribution in [0, 0.1) is 0 Å². The second-order valence-corrected chi connectivity index (χ2v) is 3.87. The summed E-state index contributed by atoms with van der Waals surface area (Å²) in [6, 6.07) is 0.786. The molecule has 0 radical (unpaired) electrons. The smallest absolute Gasteiger partial charge is 0.241 e. The first kappa shape index (κ1) is 17.9. The molecule has 16 heavy (non-hydrogen) atoms. The van der Waals surface area contributed by atoms with Crippen LogP contribution in [0.4, 0.5) is 0 Å². The second kappa shape index (κ2) is 11.0. The molecule has 0 aliphatic carbocycles. The number of amides is 1. The van der Waals surface area contributed by atoms with Crippen molar-refractivity contribution < 1.29 is 17.8 Å². The van der Waals surface area contributed by atoms with E-state index in [1.54, 1.807) is 5.48 Å². The number of hydrogen-bond acceptors (Lipinski definition) is 5. The average molecular weight is 253 g/mol. The maximum absolute atomic E-state index is 9.84. The van der Waals surface area contributed by atoms with Gasteiger partial charge in [-0.1, -0.05) is 13.8 Å². The van der Waals surface area contributed by atoms with Crippen molar-refractivity contribution in [3.63, 3.8) is 0 Å². The molecule has 0 aromatic heterocycles. The van der Waals surface area contributed by atoms with Crippen LogP contribution in [0.5, 0.6) is 0 Å². The van der Waals surface area contributed by atoms with Crippen LogP contribution in [-0.4, -0.2) is 27.3 Å². The Bertz CT molecular complexity index is 194. The van der Waals surface area contributed by atoms with Crippen molar-refractivity contribution in [2.24, 2.45) is 0 Å². The van der Waals surface area contributed by atoms with Crippen molar-refractivity contribution in [1.29, 1.82) is 0 Å². The summed E-state index contributed by atoms with van der Waals surface area (Å²) in [6.07, 6.45) is 4.18. The van der Waals surface area contributed by atoms with Gasteiger partial charge in [0.05, 0.1) is 0 Å². The van der Waals surface area contributed by atoms with Gasteiger partial charge in [-0.15, -0.1) is 0 Å². The van der Waals surface area contributed by atoms with Gasteiger partial charge >= 0.3 is 0 Å². The van der Waals surface area contributed by atoms with Gasteiger partial charge in [0.25, 0.3) is 0 Å². The average Bonchev–Trinajstić information content (AvgIpc) is 2.17. The molecule has 1 saturated heterocycles. The summed E-state index contributed by atoms with van der Waals surface area (Å²) in [5.41, 5.74) is 1.59. The van der Waals surface area contributed by atoms with Gasteiger partial charge in [0.2, 0.25) is 5.91 Å². The summed E-state index contributed by atoms with van der Waals surface area (Å²) in [6.45, 7) is 4.62. The van der Waals surface area contributed by atoms with Gasteiger partial charge in [-0.25, -0.2) is 9.69 Å². The van der Waals surface area contributed by atoms with E-state index in [0.717, 1.165) is 13.0 Å². The van der Waals surface area contributed by atoms with Crippen LogP contribution in [0.15, 0.2) is 0 Å². The summed E-state index contributed by atoms with van der Waals surface area (Å²) in [5.74, 6) is -0.561. The number of piperidine rings is 1. The van der Waals surface area contributed by atoms with E-state index in [4.69, 9.17) is 0 Å². The molecule has 1 fully saturated rings. The number of nitrogens with one attached hydrogen (secondary N) is 2. The molecule has 7 heteroatoms. The summed E-state index contributed by atoms with van der Waals surface area (Å²) >= 11 is -2.67. The number of carbonyl (C=O) groups excluding carboxylic acids is 1. The van der Waals surface area contributed by atoms with Gasteiger partial charge < -0.3 is 9.87 Å². The van der Waals surface area contributed by atoms with E-state index in [9.17, 15) is 13.6 Å². The molecule has 1 rings (SSSR count). The van der Waals surface area contributed by atoms with E-state index >= 15 is 0 Å². The van der Waals surface area contributed by atoms with Crippen LogP contribution in [0.2, 0.25) is 0 Å². The largest absolute Gasteiger partial charge is 0.748 e. The summed E-state index contributed by atoms with van der Waals surface area (Å²) in [4.78, 5) is 9.84. The fraction of sp³-hybridized carbons (Fsp3) is 0.889. The van der Waals surface area contributed by atoms with Crippen molar-refractivity contribution in [2.75, 3.05) is 6.54 Å². The quantitative estimate of drug-likeness (QED) is 0.556. The summed E-state index contributed by atoms with van der Waals surface area (Å²) in [5, 5.41) is 3.38. The molecule has 0 aromatic rings. The zero-order valence-corrected chi connectivity index (χ0v) is 9.76. The van der Waals surface area contributed by atoms with Gasteiger partial charge in [-0.2, -0.15) is 4.28 Å². The Morgan fingerprint density at radius 2 is 2.19 bits per heavy atom. The maximum atomic E-state index is 9.84. The summed E-state index contributed by atoms with van der Waals surface area (Å²) < 4.78 is 22.6. The lowest BCUT2D eigenvalue weighted by Crippen LogP contribution is -2.30. The van der Waals surface area contributed by atoms with Gasteiger partial charge in [0, 0.05) is 13.0 Å². The molecule has 98 valence electrons. The van der Waals surface area contributed by atoms with E-state index in [-0.39, 0.29) is 7.43 Å². The highest BCUT2D eigenvalue weighted by molar-refractivity contribution is 7.74. The Hall–Kier alpha value is -0.500. The van der Waals surface area contributed by atoms with Crippen LogP contribution in [0.1, 0.15) is 40.5 Å². The van der Waals surface area contributed by atoms with Gasteiger partial charge in [0.1, 0.15) is 11.4 Å². The third-order valence-corrected chi connectivity index (χ3v) is 2.03. The topological polar surface area (TPSA) is 90.5 Å². The lowest BCUT2D eigenvalue weighted by molar-refractivity contribution is -0.125. The van der Waals surface area contributed by atoms with E-state index in [1.165, 1.54) is 25.8 Å². The lowest BCUT2D eigenvalue weighted by Gasteiger charge is -2.18. The molecular weight excluding hydrogens is 232 g/mol. The van der Waals surface area contributed by atoms with Gasteiger partial charge in [0.15, 0.2) is 0 Å². The normalized spacial score (nSPS) is 20.8. The molecule has 1 amide bonds. The van der Waals surface area contributed by atoms with Crippen molar-refractivity contribution in [3.05, 3.63) is 0 Å². The van der Waals surface area contributed by atoms with Crippen LogP contribution in [0.25, 0.3) is 0 Å². The Balaban J connectivity index is 0. The molecule has 2 N–H and O–H groups in total. The molecular formula is C9H21N2O4S-. The predicted octanol–water partition coefficient (Wildman–Crippen LogP) is 0.633. The SMILES string of the molecule is C.CC(=O)NOS(=O)[O-].CC1CCCCN1. The molecule has 1 aliphatic rings. The Morgan fingerprint density at radius 3 is 2.38 bits per heavy atom. The highest BCUT2D eigenvalue weighted by atomic mass is 32.2. The Labute approximate surface area is 99.6 Å². The van der Waals surface area contributed by atoms with E-state index in [0.29, 0.717) is 0 Å². The predicted molar refractivity (Wildman–Crippen MR) is 61.9 cm³/mol. The van der Waals surface area contributed by atoms with Gasteiger partial charge in [-0.3, -0.25) is 4.79 Å². The zero-order valence-electron chi connectivity index (χ0n) is 8.95. The second-order valence-electron chi connectivity index (χ2n) is 3.30. The first-order chi connectivity index (χ1) is 7.02. The molecule has 0 saturated carbocycles. The fourth-order valence-corrected chi connectivity index (χ4v) is 1.30. The van der Waals surface area contributed by atoms with Crippen LogP contribution >= 0.6 is 0 Å². The van der Waals surface area contributed by atoms with Crippen molar-refractivity contribution in [1.82, 2.24) is 10.8 Å². The number of carbonyl (C=O) groups is 1. The molecule has 0 spiro atoms. The monoisotopic (exact) mass is 253 g/mol. The zero-order chi connectivity index (χ0) is 11.7. The van der Waals surface area contributed by atoms with Crippen LogP contribution < -0.4 is 10.8 Å². The first-order valence-electron chi connectivity index (χ1n) is 4.79. The van der Waals surface area contributed by atoms with Crippen molar-refractivity contribution in [2.45, 2.75) is 46.6 Å². The van der Waals surface area contributed by atoms with Gasteiger partial charge in [-0.05, 0) is 26.3 Å². The summed E-state index contributed by atoms with van der Waals surface area (Å²) in [7, 11) is 0. The molecule has 1 heterocycles. The van der Waals surface area contributed by atoms with Crippen LogP contribution in [0.3, 0.4) is 0 Å². The minimum atomic E-state index is -2.67. The third kappa shape index (κ3) is 13.5. The molecule has 2 atom stereocenters. The number of hydroxylamine groups is 1. The van der Waals surface area contributed by atoms with E-state index in [1.807, 2.05) is 0 Å². The first-order valence-corrected chi connectivity index (χ1v) is 5.79. The van der Waals surface area contributed by atoms with Crippen molar-refractivity contribution in [3.8, 4) is 0 Å². The van der Waals surface area contributed by atoms with Crippen molar-refractivity contribution >= 4 is 17.3 Å². The standard InChI is InChI=1S/C6H13N.C2H5NO4S.CH4/c1-6-4-2-3-5-7-6;1-2(4)3-7-8(5)6;/h6-7H,2-5H2,1H3;1H3,(H,3,4)(H,5,6);1H4/p-1. The minimum absolute atomic E-state index is 0. The molecule has 1 aliphatic heterocycles. The maximum Gasteiger partial charge on any atom is 0.241 e. The number of hydrogen-bond donors (Lipinski definition) is 2. The van der Waals surface area contributed by atoms with E-state index in [2.05, 4.69) is 16.5 Å². The Morgan fingerprint density at radius 1 is 1.56 bits per heavy atom. The number of rotatable bonds is 2. The third-order valence-electron chi connectivity index (χ3n) is 1.81. The molecule has 0 aromatic carbocycles. The van der Waals surface area contributed by atoms with Crippen LogP contribution in [-0.2, 0) is 20.4 Å². The Kier molecular flexibility index (Phi) is 12.3. The molecule has 0 bridgehead atoms. The lowest BCUT2D eigenvalue weighted by atomic mass is 10.1. The fourth-order valence-electron chi connectivity index (χ4n) is 1.12. The molecule has 6 nitrogen and oxygen atoms in total. The minimum Gasteiger partial charge on any atom is -0.748 e. The highest BCUT2D eigenvalue weighted by Gasteiger charge is 2.04. The highest BCUT2D eigenvalue weighted by Crippen LogP contribution is 2.04. The molecule has 2 unspecified atom stereocenters. The van der Waals surface area contributed by atoms with E-state index < -0.39 is 17.3 Å².